The van der Waals surface area contributed by atoms with Crippen molar-refractivity contribution in [1.82, 2.24) is 0 Å². The molecule has 1 aromatic rings. The minimum Gasteiger partial charge on any atom is -0.543 e. The van der Waals surface area contributed by atoms with Gasteiger partial charge in [0, 0.05) is 7.11 Å². The molecular formula is C32H60O4Si2. The highest BCUT2D eigenvalue weighted by atomic mass is 28.4. The number of rotatable bonds is 18. The Hall–Kier alpha value is -0.926. The van der Waals surface area contributed by atoms with Crippen LogP contribution in [0.25, 0.3) is 0 Å². The molecule has 4 nitrogen and oxygen atoms in total. The molecule has 38 heavy (non-hydrogen) atoms. The van der Waals surface area contributed by atoms with Gasteiger partial charge < -0.3 is 18.6 Å². The van der Waals surface area contributed by atoms with Crippen LogP contribution in [0.15, 0.2) is 23.4 Å². The molecule has 0 aliphatic carbocycles. The van der Waals surface area contributed by atoms with Gasteiger partial charge in [0.2, 0.25) is 0 Å². The number of hydrogen-bond acceptors (Lipinski definition) is 4. The van der Waals surface area contributed by atoms with Crippen molar-refractivity contribution in [3.05, 3.63) is 40.1 Å². The summed E-state index contributed by atoms with van der Waals surface area (Å²) in [7, 11) is -1.50. The van der Waals surface area contributed by atoms with E-state index in [-0.39, 0.29) is 17.9 Å². The third-order valence-corrected chi connectivity index (χ3v) is 14.6. The molecule has 0 saturated heterocycles. The molecule has 0 aliphatic heterocycles. The Morgan fingerprint density at radius 1 is 0.947 bits per heavy atom. The van der Waals surface area contributed by atoms with Crippen molar-refractivity contribution in [1.29, 1.82) is 0 Å². The van der Waals surface area contributed by atoms with Crippen LogP contribution in [0.1, 0.15) is 95.4 Å². The lowest BCUT2D eigenvalue weighted by Crippen LogP contribution is -2.44. The smallest absolute Gasteiger partial charge is 0.250 e. The number of benzene rings is 1. The molecule has 1 atom stereocenters. The second kappa shape index (κ2) is 16.4. The zero-order valence-electron chi connectivity index (χ0n) is 27.0. The molecule has 0 amide bonds. The van der Waals surface area contributed by atoms with Gasteiger partial charge in [-0.05, 0) is 86.5 Å². The predicted molar refractivity (Wildman–Crippen MR) is 170 cm³/mol. The molecule has 0 aliphatic rings. The number of aryl methyl sites for hydroxylation is 2. The second-order valence-corrected chi connectivity index (χ2v) is 23.3. The Kier molecular flexibility index (Phi) is 15.1. The van der Waals surface area contributed by atoms with Crippen LogP contribution in [0.5, 0.6) is 5.75 Å². The van der Waals surface area contributed by atoms with Crippen molar-refractivity contribution in [2.75, 3.05) is 27.1 Å². The maximum Gasteiger partial charge on any atom is 0.250 e. The fourth-order valence-corrected chi connectivity index (χ4v) is 7.15. The van der Waals surface area contributed by atoms with Gasteiger partial charge in [0.05, 0.1) is 27.4 Å². The highest BCUT2D eigenvalue weighted by molar-refractivity contribution is 6.83. The van der Waals surface area contributed by atoms with Crippen molar-refractivity contribution in [2.24, 2.45) is 0 Å². The molecule has 0 heterocycles. The van der Waals surface area contributed by atoms with Gasteiger partial charge >= 0.3 is 0 Å². The Morgan fingerprint density at radius 2 is 1.58 bits per heavy atom. The molecule has 0 fully saturated rings. The zero-order valence-corrected chi connectivity index (χ0v) is 29.0. The van der Waals surface area contributed by atoms with E-state index in [2.05, 4.69) is 92.5 Å². The third-order valence-electron chi connectivity index (χ3n) is 7.88. The van der Waals surface area contributed by atoms with Gasteiger partial charge in [0.1, 0.15) is 12.5 Å². The summed E-state index contributed by atoms with van der Waals surface area (Å²) in [5.74, 6) is 1.05. The molecule has 0 N–H and O–H groups in total. The van der Waals surface area contributed by atoms with Crippen LogP contribution >= 0.6 is 0 Å². The van der Waals surface area contributed by atoms with E-state index in [1.807, 2.05) is 0 Å². The van der Waals surface area contributed by atoms with Crippen molar-refractivity contribution in [3.63, 3.8) is 0 Å². The molecule has 0 radical (unpaired) electrons. The number of unbranched alkanes of at least 4 members (excludes halogenated alkanes) is 3. The summed E-state index contributed by atoms with van der Waals surface area (Å²) in [6, 6.07) is 4.54. The van der Waals surface area contributed by atoms with Gasteiger partial charge in [-0.2, -0.15) is 0 Å². The lowest BCUT2D eigenvalue weighted by molar-refractivity contribution is -0.101. The summed E-state index contributed by atoms with van der Waals surface area (Å²) in [5, 5.41) is 1.89. The van der Waals surface area contributed by atoms with E-state index in [0.29, 0.717) is 13.2 Å². The van der Waals surface area contributed by atoms with E-state index in [0.717, 1.165) is 18.6 Å². The maximum atomic E-state index is 6.74. The minimum atomic E-state index is -1.92. The van der Waals surface area contributed by atoms with Crippen molar-refractivity contribution < 1.29 is 18.6 Å². The molecule has 6 heteroatoms. The monoisotopic (exact) mass is 564 g/mol. The normalized spacial score (nSPS) is 14.2. The van der Waals surface area contributed by atoms with Crippen LogP contribution in [-0.4, -0.2) is 43.5 Å². The van der Waals surface area contributed by atoms with Gasteiger partial charge in [0.25, 0.3) is 8.32 Å². The average molecular weight is 565 g/mol. The molecule has 1 aromatic carbocycles. The number of methoxy groups -OCH3 is 1. The standard InChI is InChI=1S/C32H60O4Si2/c1-13-14-15-18-29(37(8,9)10)19-16-17-20-30(35-25-34-22-21-33-7)28-23-26(2)31(27(3)24-28)36-38(11,12)32(4,5)6/h18,23-24,30H,13-17,19-22,25H2,1-12H3/b29-18-. The first-order valence-electron chi connectivity index (χ1n) is 14.8. The van der Waals surface area contributed by atoms with Crippen LogP contribution in [0, 0.1) is 13.8 Å². The van der Waals surface area contributed by atoms with Gasteiger partial charge in [-0.25, -0.2) is 0 Å². The van der Waals surface area contributed by atoms with Crippen LogP contribution in [0.3, 0.4) is 0 Å². The molecule has 1 rings (SSSR count). The Balaban J connectivity index is 3.01. The van der Waals surface area contributed by atoms with Crippen molar-refractivity contribution in [3.8, 4) is 5.75 Å². The SMILES string of the molecule is CCCC/C=C(/CCCCC(OCOCCOC)c1cc(C)c(O[Si](C)(C)C(C)(C)C)c(C)c1)[Si](C)(C)C. The molecule has 0 bridgehead atoms. The predicted octanol–water partition coefficient (Wildman–Crippen LogP) is 9.92. The van der Waals surface area contributed by atoms with Gasteiger partial charge in [-0.15, -0.1) is 0 Å². The minimum absolute atomic E-state index is 0.0104. The lowest BCUT2D eigenvalue weighted by atomic mass is 9.98. The largest absolute Gasteiger partial charge is 0.543 e. The zero-order chi connectivity index (χ0) is 29.0. The maximum absolute atomic E-state index is 6.74. The van der Waals surface area contributed by atoms with E-state index in [1.54, 1.807) is 12.3 Å². The highest BCUT2D eigenvalue weighted by Gasteiger charge is 2.39. The Bertz CT molecular complexity index is 827. The fourth-order valence-electron chi connectivity index (χ4n) is 4.33. The quantitative estimate of drug-likeness (QED) is 0.101. The number of hydrogen-bond donors (Lipinski definition) is 0. The Morgan fingerprint density at radius 3 is 2.11 bits per heavy atom. The van der Waals surface area contributed by atoms with E-state index in [1.165, 1.54) is 48.8 Å². The summed E-state index contributed by atoms with van der Waals surface area (Å²) in [4.78, 5) is 0. The van der Waals surface area contributed by atoms with Crippen molar-refractivity contribution in [2.45, 2.75) is 130 Å². The van der Waals surface area contributed by atoms with E-state index in [9.17, 15) is 0 Å². The Labute approximate surface area is 238 Å². The average Bonchev–Trinajstić information content (AvgIpc) is 2.79. The first kappa shape index (κ1) is 35.1. The van der Waals surface area contributed by atoms with Crippen LogP contribution in [0.2, 0.25) is 37.8 Å². The topological polar surface area (TPSA) is 36.9 Å². The summed E-state index contributed by atoms with van der Waals surface area (Å²) >= 11 is 0. The molecule has 0 spiro atoms. The molecule has 0 aromatic heterocycles. The van der Waals surface area contributed by atoms with Crippen molar-refractivity contribution >= 4 is 16.4 Å². The van der Waals surface area contributed by atoms with Gasteiger partial charge in [-0.3, -0.25) is 0 Å². The summed E-state index contributed by atoms with van der Waals surface area (Å²) in [5.41, 5.74) is 3.61. The van der Waals surface area contributed by atoms with Gasteiger partial charge in [-0.1, -0.05) is 77.9 Å². The molecule has 0 saturated carbocycles. The lowest BCUT2D eigenvalue weighted by Gasteiger charge is -2.37. The summed E-state index contributed by atoms with van der Waals surface area (Å²) < 4.78 is 23.9. The van der Waals surface area contributed by atoms with E-state index < -0.39 is 16.4 Å². The third kappa shape index (κ3) is 12.1. The fraction of sp³-hybridized carbons (Fsp3) is 0.750. The van der Waals surface area contributed by atoms with Crippen LogP contribution in [0.4, 0.5) is 0 Å². The first-order chi connectivity index (χ1) is 17.6. The van der Waals surface area contributed by atoms with Crippen LogP contribution in [-0.2, 0) is 14.2 Å². The molecule has 220 valence electrons. The second-order valence-electron chi connectivity index (χ2n) is 13.4. The number of ether oxygens (including phenoxy) is 3. The number of allylic oxidation sites excluding steroid dienone is 2. The summed E-state index contributed by atoms with van der Waals surface area (Å²) in [6.07, 6.45) is 10.9. The van der Waals surface area contributed by atoms with E-state index >= 15 is 0 Å². The van der Waals surface area contributed by atoms with E-state index in [4.69, 9.17) is 18.6 Å². The van der Waals surface area contributed by atoms with Crippen LogP contribution < -0.4 is 4.43 Å². The molecular weight excluding hydrogens is 505 g/mol. The first-order valence-corrected chi connectivity index (χ1v) is 21.2. The van der Waals surface area contributed by atoms with Gasteiger partial charge in [0.15, 0.2) is 0 Å². The highest BCUT2D eigenvalue weighted by Crippen LogP contribution is 2.40. The summed E-state index contributed by atoms with van der Waals surface area (Å²) in [6.45, 7) is 27.0. The molecule has 1 unspecified atom stereocenters.